The van der Waals surface area contributed by atoms with Crippen molar-refractivity contribution in [3.05, 3.63) is 70.4 Å². The van der Waals surface area contributed by atoms with Crippen LogP contribution in [0.5, 0.6) is 0 Å². The van der Waals surface area contributed by atoms with E-state index in [2.05, 4.69) is 35.9 Å². The first kappa shape index (κ1) is 17.9. The molecule has 2 aromatic carbocycles. The Morgan fingerprint density at radius 3 is 2.70 bits per heavy atom. The lowest BCUT2D eigenvalue weighted by atomic mass is 10.0. The van der Waals surface area contributed by atoms with Crippen molar-refractivity contribution in [3.8, 4) is 0 Å². The van der Waals surface area contributed by atoms with Gasteiger partial charge in [0.05, 0.1) is 13.1 Å². The highest BCUT2D eigenvalue weighted by molar-refractivity contribution is 6.30. The van der Waals surface area contributed by atoms with Gasteiger partial charge in [-0.25, -0.2) is 13.8 Å². The number of anilines is 1. The summed E-state index contributed by atoms with van der Waals surface area (Å²) < 4.78 is 27.9. The number of hydrogen-bond acceptors (Lipinski definition) is 3. The molecule has 1 aliphatic heterocycles. The average Bonchev–Trinajstić information content (AvgIpc) is 2.65. The van der Waals surface area contributed by atoms with E-state index in [1.165, 1.54) is 0 Å². The van der Waals surface area contributed by atoms with Gasteiger partial charge in [-0.15, -0.1) is 0 Å². The third kappa shape index (κ3) is 3.16. The Kier molecular flexibility index (Phi) is 4.56. The van der Waals surface area contributed by atoms with Crippen molar-refractivity contribution >= 4 is 34.0 Å². The maximum absolute atomic E-state index is 14.2. The fraction of sp³-hybridized carbons (Fsp3) is 0.238. The number of benzene rings is 2. The highest BCUT2D eigenvalue weighted by Crippen LogP contribution is 2.32. The SMILES string of the molecule is CC(C)C1=NCc2ccccc2N1Cc1cc(Cl)nc2c(F)c(F)ccc12. The maximum atomic E-state index is 14.2. The van der Waals surface area contributed by atoms with E-state index in [-0.39, 0.29) is 16.6 Å². The number of aromatic nitrogens is 1. The summed E-state index contributed by atoms with van der Waals surface area (Å²) in [5, 5.41) is 0.680. The molecule has 1 aliphatic rings. The van der Waals surface area contributed by atoms with Crippen molar-refractivity contribution in [2.75, 3.05) is 4.90 Å². The van der Waals surface area contributed by atoms with Gasteiger partial charge in [0.1, 0.15) is 16.5 Å². The second-order valence-corrected chi connectivity index (χ2v) is 7.29. The van der Waals surface area contributed by atoms with Crippen LogP contribution in [0.1, 0.15) is 25.0 Å². The summed E-state index contributed by atoms with van der Waals surface area (Å²) in [6.45, 7) is 5.26. The van der Waals surface area contributed by atoms with Crippen molar-refractivity contribution in [3.63, 3.8) is 0 Å². The lowest BCUT2D eigenvalue weighted by Gasteiger charge is -2.33. The predicted octanol–water partition coefficient (Wildman–Crippen LogP) is 5.74. The summed E-state index contributed by atoms with van der Waals surface area (Å²) in [7, 11) is 0. The summed E-state index contributed by atoms with van der Waals surface area (Å²) in [5.74, 6) is -0.738. The summed E-state index contributed by atoms with van der Waals surface area (Å²) >= 11 is 6.12. The number of hydrogen-bond donors (Lipinski definition) is 0. The molecule has 0 spiro atoms. The number of nitrogens with zero attached hydrogens (tertiary/aromatic N) is 3. The highest BCUT2D eigenvalue weighted by Gasteiger charge is 2.24. The average molecular weight is 386 g/mol. The van der Waals surface area contributed by atoms with Gasteiger partial charge in [0.15, 0.2) is 11.6 Å². The molecule has 6 heteroatoms. The van der Waals surface area contributed by atoms with Gasteiger partial charge in [0.2, 0.25) is 0 Å². The molecule has 0 bridgehead atoms. The zero-order valence-electron chi connectivity index (χ0n) is 15.0. The Balaban J connectivity index is 1.86. The first-order chi connectivity index (χ1) is 13.0. The van der Waals surface area contributed by atoms with Crippen LogP contribution in [0.15, 0.2) is 47.5 Å². The van der Waals surface area contributed by atoms with Crippen molar-refractivity contribution < 1.29 is 8.78 Å². The summed E-state index contributed by atoms with van der Waals surface area (Å²) in [6.07, 6.45) is 0. The molecule has 3 aromatic rings. The van der Waals surface area contributed by atoms with Crippen LogP contribution in [0.25, 0.3) is 10.9 Å². The van der Waals surface area contributed by atoms with Gasteiger partial charge in [-0.1, -0.05) is 43.6 Å². The Labute approximate surface area is 161 Å². The zero-order valence-corrected chi connectivity index (χ0v) is 15.8. The molecule has 2 heterocycles. The molecular formula is C21H18ClF2N3. The molecule has 0 fully saturated rings. The Morgan fingerprint density at radius 1 is 1.15 bits per heavy atom. The van der Waals surface area contributed by atoms with Gasteiger partial charge in [0, 0.05) is 17.0 Å². The number of fused-ring (bicyclic) bond motifs is 2. The molecule has 4 rings (SSSR count). The molecule has 1 aromatic heterocycles. The number of pyridine rings is 1. The van der Waals surface area contributed by atoms with Crippen LogP contribution in [0.2, 0.25) is 5.15 Å². The molecule has 138 valence electrons. The van der Waals surface area contributed by atoms with E-state index >= 15 is 0 Å². The van der Waals surface area contributed by atoms with E-state index in [1.54, 1.807) is 12.1 Å². The lowest BCUT2D eigenvalue weighted by molar-refractivity contribution is 0.515. The number of rotatable bonds is 3. The minimum atomic E-state index is -0.979. The summed E-state index contributed by atoms with van der Waals surface area (Å²) in [5.41, 5.74) is 2.92. The molecule has 0 unspecified atom stereocenters. The smallest absolute Gasteiger partial charge is 0.185 e. The van der Waals surface area contributed by atoms with Gasteiger partial charge in [-0.2, -0.15) is 0 Å². The van der Waals surface area contributed by atoms with Crippen molar-refractivity contribution in [2.45, 2.75) is 26.9 Å². The van der Waals surface area contributed by atoms with Gasteiger partial charge in [0.25, 0.3) is 0 Å². The topological polar surface area (TPSA) is 28.5 Å². The van der Waals surface area contributed by atoms with Crippen LogP contribution in [-0.4, -0.2) is 10.8 Å². The van der Waals surface area contributed by atoms with Gasteiger partial charge >= 0.3 is 0 Å². The largest absolute Gasteiger partial charge is 0.325 e. The van der Waals surface area contributed by atoms with Crippen LogP contribution in [-0.2, 0) is 13.1 Å². The molecule has 0 amide bonds. The Bertz CT molecular complexity index is 1060. The standard InChI is InChI=1S/C21H18ClF2N3/c1-12(2)21-25-10-13-5-3-4-6-17(13)27(21)11-14-9-18(22)26-20-15(14)7-8-16(23)19(20)24/h3-9,12H,10-11H2,1-2H3. The monoisotopic (exact) mass is 385 g/mol. The van der Waals surface area contributed by atoms with Gasteiger partial charge < -0.3 is 4.90 Å². The van der Waals surface area contributed by atoms with E-state index in [1.807, 2.05) is 12.1 Å². The van der Waals surface area contributed by atoms with E-state index < -0.39 is 11.6 Å². The Hall–Kier alpha value is -2.53. The lowest BCUT2D eigenvalue weighted by Crippen LogP contribution is -2.37. The first-order valence-electron chi connectivity index (χ1n) is 8.78. The van der Waals surface area contributed by atoms with Crippen LogP contribution < -0.4 is 4.90 Å². The minimum Gasteiger partial charge on any atom is -0.325 e. The Morgan fingerprint density at radius 2 is 1.93 bits per heavy atom. The van der Waals surface area contributed by atoms with Gasteiger partial charge in [-0.05, 0) is 35.4 Å². The van der Waals surface area contributed by atoms with E-state index in [0.29, 0.717) is 18.5 Å². The van der Waals surface area contributed by atoms with Crippen LogP contribution in [0.3, 0.4) is 0 Å². The highest BCUT2D eigenvalue weighted by atomic mass is 35.5. The number of para-hydroxylation sites is 1. The quantitative estimate of drug-likeness (QED) is 0.538. The molecule has 0 aliphatic carbocycles. The summed E-state index contributed by atoms with van der Waals surface area (Å²) in [6, 6.07) is 12.5. The molecule has 0 saturated heterocycles. The second kappa shape index (κ2) is 6.89. The van der Waals surface area contributed by atoms with Crippen LogP contribution >= 0.6 is 11.6 Å². The number of halogens is 3. The molecule has 3 nitrogen and oxygen atoms in total. The van der Waals surface area contributed by atoms with Gasteiger partial charge in [-0.3, -0.25) is 4.99 Å². The van der Waals surface area contributed by atoms with Crippen molar-refractivity contribution in [2.24, 2.45) is 10.9 Å². The van der Waals surface area contributed by atoms with E-state index in [9.17, 15) is 8.78 Å². The third-order valence-electron chi connectivity index (χ3n) is 4.74. The number of amidine groups is 1. The minimum absolute atomic E-state index is 0.0502. The van der Waals surface area contributed by atoms with Crippen LogP contribution in [0.4, 0.5) is 14.5 Å². The molecule has 0 radical (unpaired) electrons. The molecule has 27 heavy (non-hydrogen) atoms. The normalized spacial score (nSPS) is 13.9. The van der Waals surface area contributed by atoms with E-state index in [0.717, 1.165) is 28.7 Å². The molecule has 0 atom stereocenters. The summed E-state index contributed by atoms with van der Waals surface area (Å²) in [4.78, 5) is 10.9. The van der Waals surface area contributed by atoms with Crippen molar-refractivity contribution in [1.82, 2.24) is 4.98 Å². The van der Waals surface area contributed by atoms with Crippen LogP contribution in [0, 0.1) is 17.6 Å². The first-order valence-corrected chi connectivity index (χ1v) is 9.16. The second-order valence-electron chi connectivity index (χ2n) is 6.91. The fourth-order valence-electron chi connectivity index (χ4n) is 3.51. The third-order valence-corrected chi connectivity index (χ3v) is 4.94. The predicted molar refractivity (Wildman–Crippen MR) is 105 cm³/mol. The molecular weight excluding hydrogens is 368 g/mol. The van der Waals surface area contributed by atoms with Crippen molar-refractivity contribution in [1.29, 1.82) is 0 Å². The zero-order chi connectivity index (χ0) is 19.1. The fourth-order valence-corrected chi connectivity index (χ4v) is 3.73. The number of aliphatic imine (C=N–C) groups is 1. The molecule has 0 N–H and O–H groups in total. The molecule has 0 saturated carbocycles. The maximum Gasteiger partial charge on any atom is 0.185 e. The van der Waals surface area contributed by atoms with E-state index in [4.69, 9.17) is 16.6 Å².